The standard InChI is InChI=1S/C18H22ClN5O2/c19-18-2-1-16-17(23-18)7-13(10-22-16)14(8-20)9-21-11-15(25)12-24-3-5-26-6-4-24/h1-2,7-10,15,20-21,25H,3-6,11-12H2/b14-9+,20-8?. The molecule has 0 aliphatic carbocycles. The lowest BCUT2D eigenvalue weighted by Gasteiger charge is -2.28. The monoisotopic (exact) mass is 375 g/mol. The molecule has 0 spiro atoms. The first-order valence-corrected chi connectivity index (χ1v) is 8.88. The number of pyridine rings is 2. The Kier molecular flexibility index (Phi) is 6.51. The lowest BCUT2D eigenvalue weighted by Crippen LogP contribution is -2.43. The average molecular weight is 376 g/mol. The highest BCUT2D eigenvalue weighted by Crippen LogP contribution is 2.18. The molecule has 7 nitrogen and oxygen atoms in total. The van der Waals surface area contributed by atoms with Gasteiger partial charge in [0, 0.05) is 55.9 Å². The van der Waals surface area contributed by atoms with Crippen LogP contribution in [0.3, 0.4) is 0 Å². The summed E-state index contributed by atoms with van der Waals surface area (Å²) in [5.41, 5.74) is 2.84. The Morgan fingerprint density at radius 3 is 2.96 bits per heavy atom. The molecule has 0 aromatic carbocycles. The minimum absolute atomic E-state index is 0.403. The Bertz CT molecular complexity index is 792. The lowest BCUT2D eigenvalue weighted by molar-refractivity contribution is 0.0155. The summed E-state index contributed by atoms with van der Waals surface area (Å²) in [7, 11) is 0. The van der Waals surface area contributed by atoms with Crippen molar-refractivity contribution in [3.8, 4) is 0 Å². The van der Waals surface area contributed by atoms with E-state index in [0.717, 1.165) is 24.2 Å². The van der Waals surface area contributed by atoms with Crippen LogP contribution in [0.4, 0.5) is 0 Å². The first kappa shape index (κ1) is 18.7. The molecule has 2 aromatic heterocycles. The van der Waals surface area contributed by atoms with Gasteiger partial charge < -0.3 is 20.6 Å². The van der Waals surface area contributed by atoms with E-state index in [-0.39, 0.29) is 0 Å². The number of allylic oxidation sites excluding steroid dienone is 1. The van der Waals surface area contributed by atoms with Crippen molar-refractivity contribution in [3.05, 3.63) is 41.3 Å². The first-order chi connectivity index (χ1) is 12.7. The Labute approximate surface area is 157 Å². The van der Waals surface area contributed by atoms with Crippen LogP contribution in [0, 0.1) is 5.41 Å². The molecule has 138 valence electrons. The molecule has 1 unspecified atom stereocenters. The van der Waals surface area contributed by atoms with Crippen LogP contribution in [0.1, 0.15) is 5.56 Å². The number of nitrogens with one attached hydrogen (secondary N) is 2. The molecule has 1 saturated heterocycles. The lowest BCUT2D eigenvalue weighted by atomic mass is 10.1. The van der Waals surface area contributed by atoms with Crippen molar-refractivity contribution >= 4 is 34.4 Å². The SMILES string of the molecule is N=C/C(=C\NCC(O)CN1CCOCC1)c1cnc2ccc(Cl)nc2c1. The van der Waals surface area contributed by atoms with Crippen molar-refractivity contribution in [3.63, 3.8) is 0 Å². The van der Waals surface area contributed by atoms with Gasteiger partial charge >= 0.3 is 0 Å². The molecule has 1 aliphatic heterocycles. The summed E-state index contributed by atoms with van der Waals surface area (Å²) < 4.78 is 5.30. The van der Waals surface area contributed by atoms with E-state index in [9.17, 15) is 5.11 Å². The predicted molar refractivity (Wildman–Crippen MR) is 103 cm³/mol. The zero-order valence-electron chi connectivity index (χ0n) is 14.4. The number of nitrogens with zero attached hydrogens (tertiary/aromatic N) is 3. The van der Waals surface area contributed by atoms with Gasteiger partial charge in [-0.15, -0.1) is 0 Å². The van der Waals surface area contributed by atoms with Gasteiger partial charge in [0.05, 0.1) is 30.4 Å². The normalized spacial score (nSPS) is 17.2. The molecule has 0 amide bonds. The van der Waals surface area contributed by atoms with Crippen LogP contribution >= 0.6 is 11.6 Å². The highest BCUT2D eigenvalue weighted by molar-refractivity contribution is 6.29. The molecular formula is C18H22ClN5O2. The largest absolute Gasteiger partial charge is 0.390 e. The number of halogens is 1. The van der Waals surface area contributed by atoms with Crippen LogP contribution < -0.4 is 5.32 Å². The van der Waals surface area contributed by atoms with Gasteiger partial charge in [0.1, 0.15) is 5.15 Å². The van der Waals surface area contributed by atoms with E-state index in [2.05, 4.69) is 20.2 Å². The summed E-state index contributed by atoms with van der Waals surface area (Å²) in [4.78, 5) is 10.8. The van der Waals surface area contributed by atoms with Crippen LogP contribution in [0.2, 0.25) is 5.15 Å². The Morgan fingerprint density at radius 1 is 1.38 bits per heavy atom. The second-order valence-electron chi connectivity index (χ2n) is 6.12. The summed E-state index contributed by atoms with van der Waals surface area (Å²) >= 11 is 5.93. The van der Waals surface area contributed by atoms with Gasteiger partial charge in [-0.3, -0.25) is 9.88 Å². The highest BCUT2D eigenvalue weighted by Gasteiger charge is 2.14. The van der Waals surface area contributed by atoms with Crippen LogP contribution in [-0.4, -0.2) is 71.7 Å². The van der Waals surface area contributed by atoms with Crippen molar-refractivity contribution in [1.29, 1.82) is 5.41 Å². The number of aromatic nitrogens is 2. The maximum atomic E-state index is 10.2. The van der Waals surface area contributed by atoms with Gasteiger partial charge in [-0.2, -0.15) is 0 Å². The molecule has 3 rings (SSSR count). The number of ether oxygens (including phenoxy) is 1. The van der Waals surface area contributed by atoms with E-state index in [1.54, 1.807) is 18.5 Å². The fourth-order valence-electron chi connectivity index (χ4n) is 2.80. The van der Waals surface area contributed by atoms with Gasteiger partial charge in [0.25, 0.3) is 0 Å². The minimum Gasteiger partial charge on any atom is -0.390 e. The van der Waals surface area contributed by atoms with Crippen LogP contribution in [0.15, 0.2) is 30.6 Å². The van der Waals surface area contributed by atoms with Crippen LogP contribution in [0.25, 0.3) is 16.6 Å². The third kappa shape index (κ3) is 4.98. The van der Waals surface area contributed by atoms with Crippen molar-refractivity contribution in [2.75, 3.05) is 39.4 Å². The maximum absolute atomic E-state index is 10.2. The van der Waals surface area contributed by atoms with Gasteiger partial charge in [0.2, 0.25) is 0 Å². The van der Waals surface area contributed by atoms with E-state index in [0.29, 0.717) is 42.5 Å². The number of aliphatic hydroxyl groups is 1. The zero-order chi connectivity index (χ0) is 18.4. The highest BCUT2D eigenvalue weighted by atomic mass is 35.5. The molecule has 3 heterocycles. The third-order valence-electron chi connectivity index (χ3n) is 4.18. The summed E-state index contributed by atoms with van der Waals surface area (Å²) in [6.45, 7) is 4.12. The molecule has 1 fully saturated rings. The summed E-state index contributed by atoms with van der Waals surface area (Å²) in [6, 6.07) is 5.35. The molecule has 1 atom stereocenters. The molecule has 3 N–H and O–H groups in total. The maximum Gasteiger partial charge on any atom is 0.129 e. The fourth-order valence-corrected chi connectivity index (χ4v) is 2.95. The molecule has 1 aliphatic rings. The quantitative estimate of drug-likeness (QED) is 0.502. The number of morpholine rings is 1. The Hall–Kier alpha value is -2.06. The zero-order valence-corrected chi connectivity index (χ0v) is 15.1. The van der Waals surface area contributed by atoms with Crippen molar-refractivity contribution in [2.45, 2.75) is 6.10 Å². The molecule has 8 heteroatoms. The number of hydrogen-bond donors (Lipinski definition) is 3. The second kappa shape index (κ2) is 9.05. The Morgan fingerprint density at radius 2 is 2.19 bits per heavy atom. The van der Waals surface area contributed by atoms with E-state index < -0.39 is 6.10 Å². The number of rotatable bonds is 7. The molecular weight excluding hydrogens is 354 g/mol. The second-order valence-corrected chi connectivity index (χ2v) is 6.50. The van der Waals surface area contributed by atoms with Gasteiger partial charge in [-0.1, -0.05) is 11.6 Å². The fraction of sp³-hybridized carbons (Fsp3) is 0.389. The molecule has 26 heavy (non-hydrogen) atoms. The number of β-amino-alcohol motifs (C(OH)–C–C–N with tert-alkyl or cyclic N) is 1. The van der Waals surface area contributed by atoms with E-state index in [1.807, 2.05) is 12.1 Å². The van der Waals surface area contributed by atoms with E-state index in [4.69, 9.17) is 21.7 Å². The summed E-state index contributed by atoms with van der Waals surface area (Å²) in [5.74, 6) is 0. The molecule has 0 bridgehead atoms. The van der Waals surface area contributed by atoms with Crippen LogP contribution in [-0.2, 0) is 4.74 Å². The van der Waals surface area contributed by atoms with Gasteiger partial charge in [-0.05, 0) is 18.2 Å². The summed E-state index contributed by atoms with van der Waals surface area (Å²) in [6.07, 6.45) is 4.16. The topological polar surface area (TPSA) is 94.4 Å². The Balaban J connectivity index is 1.61. The number of hydrogen-bond acceptors (Lipinski definition) is 7. The van der Waals surface area contributed by atoms with Crippen molar-refractivity contribution < 1.29 is 9.84 Å². The number of fused-ring (bicyclic) bond motifs is 1. The molecule has 0 radical (unpaired) electrons. The molecule has 0 saturated carbocycles. The summed E-state index contributed by atoms with van der Waals surface area (Å²) in [5, 5.41) is 21.3. The minimum atomic E-state index is -0.494. The van der Waals surface area contributed by atoms with Crippen molar-refractivity contribution in [1.82, 2.24) is 20.2 Å². The molecule has 2 aromatic rings. The van der Waals surface area contributed by atoms with Gasteiger partial charge in [-0.25, -0.2) is 4.98 Å². The van der Waals surface area contributed by atoms with E-state index >= 15 is 0 Å². The first-order valence-electron chi connectivity index (χ1n) is 8.50. The van der Waals surface area contributed by atoms with Crippen LogP contribution in [0.5, 0.6) is 0 Å². The smallest absolute Gasteiger partial charge is 0.129 e. The van der Waals surface area contributed by atoms with Gasteiger partial charge in [0.15, 0.2) is 0 Å². The van der Waals surface area contributed by atoms with Crippen molar-refractivity contribution in [2.24, 2.45) is 0 Å². The van der Waals surface area contributed by atoms with E-state index in [1.165, 1.54) is 6.21 Å². The number of aliphatic hydroxyl groups excluding tert-OH is 1. The predicted octanol–water partition coefficient (Wildman–Crippen LogP) is 1.56. The average Bonchev–Trinajstić information content (AvgIpc) is 2.65. The third-order valence-corrected chi connectivity index (χ3v) is 4.39.